The van der Waals surface area contributed by atoms with E-state index in [-0.39, 0.29) is 17.1 Å². The number of hydrogen-bond donors (Lipinski definition) is 1. The molecule has 0 aliphatic heterocycles. The van der Waals surface area contributed by atoms with E-state index in [1.54, 1.807) is 6.92 Å². The monoisotopic (exact) mass is 252 g/mol. The summed E-state index contributed by atoms with van der Waals surface area (Å²) in [4.78, 5) is 32.8. The molecule has 0 amide bonds. The molecule has 96 valence electrons. The lowest BCUT2D eigenvalue weighted by atomic mass is 10.1. The number of benzene rings is 1. The number of carboxylic acid groups (broad SMARTS) is 1. The Bertz CT molecular complexity index is 518. The van der Waals surface area contributed by atoms with Gasteiger partial charge in [-0.2, -0.15) is 0 Å². The summed E-state index contributed by atoms with van der Waals surface area (Å²) in [5.74, 6) is -2.47. The van der Waals surface area contributed by atoms with Gasteiger partial charge in [-0.3, -0.25) is 9.59 Å². The van der Waals surface area contributed by atoms with Crippen LogP contribution in [-0.4, -0.2) is 23.0 Å². The van der Waals surface area contributed by atoms with Crippen LogP contribution < -0.4 is 9.47 Å². The minimum Gasteiger partial charge on any atom is -0.478 e. The third kappa shape index (κ3) is 3.31. The van der Waals surface area contributed by atoms with E-state index >= 15 is 0 Å². The molecule has 0 bridgehead atoms. The van der Waals surface area contributed by atoms with Crippen molar-refractivity contribution in [2.75, 3.05) is 0 Å². The van der Waals surface area contributed by atoms with Crippen molar-refractivity contribution in [2.24, 2.45) is 0 Å². The number of carbonyl (C=O) groups is 3. The number of aromatic carboxylic acids is 1. The Kier molecular flexibility index (Phi) is 4.04. The summed E-state index contributed by atoms with van der Waals surface area (Å²) in [6.45, 7) is 3.91. The van der Waals surface area contributed by atoms with E-state index in [9.17, 15) is 14.4 Å². The molecule has 1 rings (SSSR count). The predicted molar refractivity (Wildman–Crippen MR) is 60.8 cm³/mol. The van der Waals surface area contributed by atoms with Crippen molar-refractivity contribution in [3.05, 3.63) is 23.3 Å². The average Bonchev–Trinajstić information content (AvgIpc) is 2.19. The third-order valence-corrected chi connectivity index (χ3v) is 2.03. The first kappa shape index (κ1) is 13.7. The number of hydrogen-bond acceptors (Lipinski definition) is 5. The van der Waals surface area contributed by atoms with Crippen LogP contribution in [0.4, 0.5) is 0 Å². The van der Waals surface area contributed by atoms with Crippen LogP contribution in [-0.2, 0) is 9.59 Å². The third-order valence-electron chi connectivity index (χ3n) is 2.03. The van der Waals surface area contributed by atoms with Gasteiger partial charge in [0.25, 0.3) is 0 Å². The van der Waals surface area contributed by atoms with Gasteiger partial charge in [-0.1, -0.05) is 0 Å². The van der Waals surface area contributed by atoms with Crippen LogP contribution in [0.25, 0.3) is 0 Å². The minimum absolute atomic E-state index is 0.0141. The molecule has 6 nitrogen and oxygen atoms in total. The molecular weight excluding hydrogens is 240 g/mol. The molecule has 0 spiro atoms. The fourth-order valence-corrected chi connectivity index (χ4v) is 1.36. The number of aryl methyl sites for hydroxylation is 1. The summed E-state index contributed by atoms with van der Waals surface area (Å²) in [5.41, 5.74) is 0.372. The van der Waals surface area contributed by atoms with E-state index in [0.717, 1.165) is 13.0 Å². The molecule has 0 radical (unpaired) electrons. The van der Waals surface area contributed by atoms with Crippen molar-refractivity contribution in [3.63, 3.8) is 0 Å². The Hall–Kier alpha value is -2.37. The van der Waals surface area contributed by atoms with Gasteiger partial charge < -0.3 is 14.6 Å². The highest BCUT2D eigenvalue weighted by molar-refractivity contribution is 5.91. The standard InChI is InChI=1S/C12H12O6/c1-6-4-10(17-7(2)13)11(18-8(3)14)5-9(6)12(15)16/h4-5H,1-3H3,(H,15,16). The van der Waals surface area contributed by atoms with E-state index in [0.29, 0.717) is 5.56 Å². The van der Waals surface area contributed by atoms with Crippen LogP contribution in [0.3, 0.4) is 0 Å². The maximum atomic E-state index is 10.9. The molecule has 0 aliphatic carbocycles. The van der Waals surface area contributed by atoms with Gasteiger partial charge in [0, 0.05) is 13.8 Å². The van der Waals surface area contributed by atoms with Gasteiger partial charge in [0.05, 0.1) is 5.56 Å². The van der Waals surface area contributed by atoms with Gasteiger partial charge in [-0.15, -0.1) is 0 Å². The van der Waals surface area contributed by atoms with Gasteiger partial charge in [0.15, 0.2) is 11.5 Å². The summed E-state index contributed by atoms with van der Waals surface area (Å²) in [7, 11) is 0. The van der Waals surface area contributed by atoms with Crippen molar-refractivity contribution in [1.82, 2.24) is 0 Å². The molecule has 6 heteroatoms. The molecular formula is C12H12O6. The zero-order valence-electron chi connectivity index (χ0n) is 10.1. The molecule has 0 aromatic heterocycles. The molecule has 1 aromatic rings. The molecule has 0 saturated heterocycles. The highest BCUT2D eigenvalue weighted by Gasteiger charge is 2.16. The second-order valence-electron chi connectivity index (χ2n) is 3.61. The zero-order chi connectivity index (χ0) is 13.9. The SMILES string of the molecule is CC(=O)Oc1cc(C)c(C(=O)O)cc1OC(C)=O. The summed E-state index contributed by atoms with van der Waals surface area (Å²) in [5, 5.41) is 8.95. The van der Waals surface area contributed by atoms with Crippen molar-refractivity contribution >= 4 is 17.9 Å². The zero-order valence-corrected chi connectivity index (χ0v) is 10.1. The molecule has 0 atom stereocenters. The summed E-state index contributed by atoms with van der Waals surface area (Å²) < 4.78 is 9.67. The first-order valence-electron chi connectivity index (χ1n) is 5.06. The molecule has 0 saturated carbocycles. The Balaban J connectivity index is 3.31. The van der Waals surface area contributed by atoms with Gasteiger partial charge in [-0.05, 0) is 24.6 Å². The Morgan fingerprint density at radius 2 is 1.44 bits per heavy atom. The van der Waals surface area contributed by atoms with Crippen molar-refractivity contribution in [3.8, 4) is 11.5 Å². The Labute approximate surface area is 103 Å². The number of ether oxygens (including phenoxy) is 2. The summed E-state index contributed by atoms with van der Waals surface area (Å²) in [6.07, 6.45) is 0. The molecule has 1 N–H and O–H groups in total. The highest BCUT2D eigenvalue weighted by Crippen LogP contribution is 2.31. The van der Waals surface area contributed by atoms with Gasteiger partial charge in [-0.25, -0.2) is 4.79 Å². The van der Waals surface area contributed by atoms with Crippen LogP contribution in [0.5, 0.6) is 11.5 Å². The van der Waals surface area contributed by atoms with E-state index in [4.69, 9.17) is 14.6 Å². The van der Waals surface area contributed by atoms with Gasteiger partial charge >= 0.3 is 17.9 Å². The molecule has 0 heterocycles. The lowest BCUT2D eigenvalue weighted by Gasteiger charge is -2.11. The van der Waals surface area contributed by atoms with E-state index in [1.807, 2.05) is 0 Å². The highest BCUT2D eigenvalue weighted by atomic mass is 16.6. The van der Waals surface area contributed by atoms with Gasteiger partial charge in [0.2, 0.25) is 0 Å². The topological polar surface area (TPSA) is 89.9 Å². The number of carboxylic acids is 1. The second-order valence-corrected chi connectivity index (χ2v) is 3.61. The quantitative estimate of drug-likeness (QED) is 0.648. The Morgan fingerprint density at radius 3 is 1.83 bits per heavy atom. The molecule has 0 fully saturated rings. The lowest BCUT2D eigenvalue weighted by Crippen LogP contribution is -2.09. The fraction of sp³-hybridized carbons (Fsp3) is 0.250. The van der Waals surface area contributed by atoms with E-state index < -0.39 is 17.9 Å². The van der Waals surface area contributed by atoms with Crippen molar-refractivity contribution < 1.29 is 29.0 Å². The minimum atomic E-state index is -1.16. The average molecular weight is 252 g/mol. The van der Waals surface area contributed by atoms with Crippen LogP contribution >= 0.6 is 0 Å². The molecule has 18 heavy (non-hydrogen) atoms. The van der Waals surface area contributed by atoms with Gasteiger partial charge in [0.1, 0.15) is 0 Å². The predicted octanol–water partition coefficient (Wildman–Crippen LogP) is 1.54. The maximum Gasteiger partial charge on any atom is 0.336 e. The number of esters is 2. The number of carbonyl (C=O) groups excluding carboxylic acids is 2. The van der Waals surface area contributed by atoms with Crippen LogP contribution in [0.1, 0.15) is 29.8 Å². The Morgan fingerprint density at radius 1 is 1.00 bits per heavy atom. The summed E-state index contributed by atoms with van der Waals surface area (Å²) in [6, 6.07) is 2.49. The number of rotatable bonds is 3. The second kappa shape index (κ2) is 5.31. The van der Waals surface area contributed by atoms with Crippen LogP contribution in [0.2, 0.25) is 0 Å². The van der Waals surface area contributed by atoms with Crippen molar-refractivity contribution in [1.29, 1.82) is 0 Å². The fourth-order valence-electron chi connectivity index (χ4n) is 1.36. The molecule has 1 aromatic carbocycles. The summed E-state index contributed by atoms with van der Waals surface area (Å²) >= 11 is 0. The van der Waals surface area contributed by atoms with Crippen molar-refractivity contribution in [2.45, 2.75) is 20.8 Å². The first-order chi connectivity index (χ1) is 8.31. The van der Waals surface area contributed by atoms with Crippen LogP contribution in [0, 0.1) is 6.92 Å². The maximum absolute atomic E-state index is 10.9. The van der Waals surface area contributed by atoms with E-state index in [2.05, 4.69) is 0 Å². The normalized spacial score (nSPS) is 9.72. The van der Waals surface area contributed by atoms with Crippen LogP contribution in [0.15, 0.2) is 12.1 Å². The van der Waals surface area contributed by atoms with E-state index in [1.165, 1.54) is 13.0 Å². The smallest absolute Gasteiger partial charge is 0.336 e. The first-order valence-corrected chi connectivity index (χ1v) is 5.06. The molecule has 0 aliphatic rings. The largest absolute Gasteiger partial charge is 0.478 e. The lowest BCUT2D eigenvalue weighted by molar-refractivity contribution is -0.134. The molecule has 0 unspecified atom stereocenters.